The number of amides is 2. The Morgan fingerprint density at radius 1 is 1.33 bits per heavy atom. The van der Waals surface area contributed by atoms with Crippen LogP contribution in [0.15, 0.2) is 41.1 Å². The van der Waals surface area contributed by atoms with Crippen LogP contribution in [-0.4, -0.2) is 51.1 Å². The van der Waals surface area contributed by atoms with Crippen molar-refractivity contribution in [2.24, 2.45) is 5.92 Å². The fourth-order valence-electron chi connectivity index (χ4n) is 3.45. The minimum absolute atomic E-state index is 0.0952. The van der Waals surface area contributed by atoms with Crippen LogP contribution >= 0.6 is 11.6 Å². The molecule has 1 heterocycles. The van der Waals surface area contributed by atoms with E-state index in [1.807, 2.05) is 24.3 Å². The van der Waals surface area contributed by atoms with E-state index in [1.165, 1.54) is 0 Å². The van der Waals surface area contributed by atoms with Crippen molar-refractivity contribution in [1.29, 1.82) is 0 Å². The van der Waals surface area contributed by atoms with Crippen LogP contribution in [0.3, 0.4) is 0 Å². The van der Waals surface area contributed by atoms with E-state index in [0.29, 0.717) is 48.3 Å². The van der Waals surface area contributed by atoms with Crippen LogP contribution in [0.4, 0.5) is 0 Å². The average molecular weight is 434 g/mol. The number of halogens is 1. The molecule has 0 atom stereocenters. The van der Waals surface area contributed by atoms with Gasteiger partial charge in [0.05, 0.1) is 12.1 Å². The molecule has 0 unspecified atom stereocenters. The molecule has 7 heteroatoms. The zero-order valence-electron chi connectivity index (χ0n) is 18.3. The number of hydrogen-bond acceptors (Lipinski definition) is 4. The lowest BCUT2D eigenvalue weighted by atomic mass is 9.88. The molecule has 0 aromatic heterocycles. The number of ether oxygens (including phenoxy) is 1. The number of nitrogens with one attached hydrogen (secondary N) is 2. The molecule has 2 rings (SSSR count). The number of benzene rings is 1. The Kier molecular flexibility index (Phi) is 9.40. The van der Waals surface area contributed by atoms with Gasteiger partial charge in [0.2, 0.25) is 6.41 Å². The van der Waals surface area contributed by atoms with E-state index < -0.39 is 0 Å². The number of rotatable bonds is 11. The van der Waals surface area contributed by atoms with Crippen LogP contribution in [0.1, 0.15) is 38.7 Å². The molecule has 0 spiro atoms. The number of methoxy groups -OCH3 is 1. The molecule has 0 saturated heterocycles. The number of carbonyl (C=O) groups excluding carboxylic acids is 2. The number of hydrogen-bond donors (Lipinski definition) is 2. The molecule has 0 radical (unpaired) electrons. The van der Waals surface area contributed by atoms with Gasteiger partial charge in [-0.1, -0.05) is 37.6 Å². The van der Waals surface area contributed by atoms with Gasteiger partial charge in [0.15, 0.2) is 0 Å². The number of carbonyl (C=O) groups is 2. The van der Waals surface area contributed by atoms with Crippen LogP contribution < -0.4 is 10.6 Å². The van der Waals surface area contributed by atoms with Gasteiger partial charge in [-0.25, -0.2) is 0 Å². The third-order valence-electron chi connectivity index (χ3n) is 5.09. The molecule has 6 nitrogen and oxygen atoms in total. The van der Waals surface area contributed by atoms with Gasteiger partial charge in [-0.3, -0.25) is 9.59 Å². The summed E-state index contributed by atoms with van der Waals surface area (Å²) in [5.41, 5.74) is 3.98. The highest BCUT2D eigenvalue weighted by Crippen LogP contribution is 2.33. The molecule has 0 bridgehead atoms. The minimum atomic E-state index is -0.0952. The molecule has 30 heavy (non-hydrogen) atoms. The summed E-state index contributed by atoms with van der Waals surface area (Å²) in [5, 5.41) is 6.81. The van der Waals surface area contributed by atoms with Crippen LogP contribution in [0.5, 0.6) is 0 Å². The van der Waals surface area contributed by atoms with E-state index in [2.05, 4.69) is 24.5 Å². The molecule has 0 saturated carbocycles. The molecule has 2 amide bonds. The van der Waals surface area contributed by atoms with Crippen molar-refractivity contribution in [2.45, 2.75) is 33.1 Å². The maximum absolute atomic E-state index is 13.5. The van der Waals surface area contributed by atoms with Gasteiger partial charge in [-0.05, 0) is 48.4 Å². The van der Waals surface area contributed by atoms with Crippen LogP contribution in [0.25, 0.3) is 5.70 Å². The summed E-state index contributed by atoms with van der Waals surface area (Å²) in [5.74, 6) is 0.381. The van der Waals surface area contributed by atoms with E-state index in [1.54, 1.807) is 19.1 Å². The molecule has 164 valence electrons. The molecule has 1 aliphatic heterocycles. The molecule has 1 aromatic carbocycles. The van der Waals surface area contributed by atoms with Gasteiger partial charge in [-0.2, -0.15) is 0 Å². The third kappa shape index (κ3) is 6.34. The number of dihydropyridines is 1. The summed E-state index contributed by atoms with van der Waals surface area (Å²) in [6, 6.07) is 7.57. The Hall–Kier alpha value is -2.31. The zero-order valence-corrected chi connectivity index (χ0v) is 19.0. The Morgan fingerprint density at radius 2 is 2.03 bits per heavy atom. The average Bonchev–Trinajstić information content (AvgIpc) is 2.72. The predicted octanol–water partition coefficient (Wildman–Crippen LogP) is 3.59. The van der Waals surface area contributed by atoms with Gasteiger partial charge in [0.1, 0.15) is 0 Å². The van der Waals surface area contributed by atoms with E-state index >= 15 is 0 Å². The van der Waals surface area contributed by atoms with Crippen molar-refractivity contribution < 1.29 is 14.3 Å². The number of nitrogens with zero attached hydrogens (tertiary/aromatic N) is 1. The summed E-state index contributed by atoms with van der Waals surface area (Å²) in [6.45, 7) is 5.85. The maximum atomic E-state index is 13.5. The second-order valence-corrected chi connectivity index (χ2v) is 8.27. The minimum Gasteiger partial charge on any atom is -0.385 e. The van der Waals surface area contributed by atoms with E-state index in [-0.39, 0.29) is 5.91 Å². The smallest absolute Gasteiger partial charge is 0.255 e. The Morgan fingerprint density at radius 3 is 2.63 bits per heavy atom. The van der Waals surface area contributed by atoms with Crippen LogP contribution in [-0.2, 0) is 14.3 Å². The monoisotopic (exact) mass is 433 g/mol. The third-order valence-corrected chi connectivity index (χ3v) is 5.34. The fourth-order valence-corrected chi connectivity index (χ4v) is 3.57. The summed E-state index contributed by atoms with van der Waals surface area (Å²) < 4.78 is 5.11. The summed E-state index contributed by atoms with van der Waals surface area (Å²) >= 11 is 6.07. The lowest BCUT2D eigenvalue weighted by Gasteiger charge is -2.30. The normalized spacial score (nSPS) is 14.1. The SMILES string of the molecule is COCCCN(C)C(=O)C1=C(NC=O)CNC(c2ccc(Cl)cc2)=C1CCC(C)C. The maximum Gasteiger partial charge on any atom is 0.255 e. The molecular weight excluding hydrogens is 402 g/mol. The second-order valence-electron chi connectivity index (χ2n) is 7.84. The molecule has 1 aromatic rings. The second kappa shape index (κ2) is 11.8. The van der Waals surface area contributed by atoms with Crippen molar-refractivity contribution >= 4 is 29.6 Å². The number of likely N-dealkylation sites (N-methyl/N-ethyl adjacent to an activating group) is 1. The first-order chi connectivity index (χ1) is 14.4. The quantitative estimate of drug-likeness (QED) is 0.413. The summed E-state index contributed by atoms with van der Waals surface area (Å²) in [6.07, 6.45) is 3.02. The molecule has 1 aliphatic rings. The highest BCUT2D eigenvalue weighted by molar-refractivity contribution is 6.30. The van der Waals surface area contributed by atoms with Gasteiger partial charge in [0, 0.05) is 43.7 Å². The highest BCUT2D eigenvalue weighted by Gasteiger charge is 2.29. The zero-order chi connectivity index (χ0) is 22.1. The highest BCUT2D eigenvalue weighted by atomic mass is 35.5. The van der Waals surface area contributed by atoms with Crippen LogP contribution in [0, 0.1) is 5.92 Å². The van der Waals surface area contributed by atoms with Gasteiger partial charge in [-0.15, -0.1) is 0 Å². The van der Waals surface area contributed by atoms with Crippen molar-refractivity contribution in [1.82, 2.24) is 15.5 Å². The first-order valence-corrected chi connectivity index (χ1v) is 10.7. The predicted molar refractivity (Wildman–Crippen MR) is 121 cm³/mol. The largest absolute Gasteiger partial charge is 0.385 e. The van der Waals surface area contributed by atoms with E-state index in [4.69, 9.17) is 16.3 Å². The van der Waals surface area contributed by atoms with Crippen molar-refractivity contribution in [3.05, 3.63) is 51.7 Å². The Bertz CT molecular complexity index is 800. The van der Waals surface area contributed by atoms with Crippen molar-refractivity contribution in [2.75, 3.05) is 33.9 Å². The van der Waals surface area contributed by atoms with Crippen molar-refractivity contribution in [3.63, 3.8) is 0 Å². The fraction of sp³-hybridized carbons (Fsp3) is 0.478. The lowest BCUT2D eigenvalue weighted by Crippen LogP contribution is -2.38. The molecule has 2 N–H and O–H groups in total. The topological polar surface area (TPSA) is 70.7 Å². The first kappa shape index (κ1) is 24.0. The van der Waals surface area contributed by atoms with Crippen LogP contribution in [0.2, 0.25) is 5.02 Å². The van der Waals surface area contributed by atoms with Gasteiger partial charge >= 0.3 is 0 Å². The van der Waals surface area contributed by atoms with Gasteiger partial charge in [0.25, 0.3) is 5.91 Å². The van der Waals surface area contributed by atoms with Gasteiger partial charge < -0.3 is 20.3 Å². The summed E-state index contributed by atoms with van der Waals surface area (Å²) in [4.78, 5) is 26.4. The molecule has 0 fully saturated rings. The van der Waals surface area contributed by atoms with E-state index in [9.17, 15) is 9.59 Å². The first-order valence-electron chi connectivity index (χ1n) is 10.3. The molecule has 0 aliphatic carbocycles. The molecular formula is C23H32ClN3O3. The van der Waals surface area contributed by atoms with E-state index in [0.717, 1.165) is 36.1 Å². The van der Waals surface area contributed by atoms with Crippen molar-refractivity contribution in [3.8, 4) is 0 Å². The summed E-state index contributed by atoms with van der Waals surface area (Å²) in [7, 11) is 3.43. The Balaban J connectivity index is 2.51. The standard InChI is InChI=1S/C23H32ClN3O3/c1-16(2)6-11-19-21(23(29)27(3)12-5-13-30-4)20(26-15-28)14-25-22(19)17-7-9-18(24)10-8-17/h7-10,15-16,25H,5-6,11-14H2,1-4H3,(H,26,28). The Labute approximate surface area is 184 Å². The lowest BCUT2D eigenvalue weighted by molar-refractivity contribution is -0.125.